The summed E-state index contributed by atoms with van der Waals surface area (Å²) in [4.78, 5) is 14.2. The van der Waals surface area contributed by atoms with E-state index in [4.69, 9.17) is 15.6 Å². The summed E-state index contributed by atoms with van der Waals surface area (Å²) in [6.07, 6.45) is 7.92. The summed E-state index contributed by atoms with van der Waals surface area (Å²) in [5, 5.41) is 8.96. The molecule has 0 saturated carbocycles. The number of carbonyl (C=O) groups is 1. The Balaban J connectivity index is 4.13. The Hall–Kier alpha value is -0.650. The van der Waals surface area contributed by atoms with Crippen LogP contribution in [0, 0.1) is 0 Å². The highest BCUT2D eigenvalue weighted by Gasteiger charge is 2.19. The molecular formula is C16H34N2O3. The average Bonchev–Trinajstić information content (AvgIpc) is 2.49. The van der Waals surface area contributed by atoms with Crippen LogP contribution in [-0.4, -0.2) is 55.4 Å². The molecule has 0 saturated heterocycles. The Morgan fingerprint density at radius 1 is 1.14 bits per heavy atom. The third-order valence-electron chi connectivity index (χ3n) is 3.61. The monoisotopic (exact) mass is 302 g/mol. The number of hydrogen-bond acceptors (Lipinski definition) is 4. The molecule has 0 aliphatic rings. The molecule has 0 bridgehead atoms. The van der Waals surface area contributed by atoms with Gasteiger partial charge in [0.05, 0.1) is 6.04 Å². The van der Waals surface area contributed by atoms with Crippen LogP contribution in [0.25, 0.3) is 0 Å². The first kappa shape index (κ1) is 20.3. The number of carbonyl (C=O) groups excluding carboxylic acids is 1. The van der Waals surface area contributed by atoms with Gasteiger partial charge in [-0.1, -0.05) is 32.6 Å². The van der Waals surface area contributed by atoms with Crippen molar-refractivity contribution in [1.29, 1.82) is 0 Å². The highest BCUT2D eigenvalue weighted by atomic mass is 16.5. The van der Waals surface area contributed by atoms with E-state index < -0.39 is 6.04 Å². The van der Waals surface area contributed by atoms with E-state index in [9.17, 15) is 4.79 Å². The van der Waals surface area contributed by atoms with Crippen molar-refractivity contribution in [3.05, 3.63) is 0 Å². The SMILES string of the molecule is CCCCCCCN(CCCO)C(=O)C(N)CCCOC. The maximum Gasteiger partial charge on any atom is 0.239 e. The first-order valence-electron chi connectivity index (χ1n) is 8.31. The molecule has 0 aromatic carbocycles. The second-order valence-corrected chi connectivity index (χ2v) is 5.56. The van der Waals surface area contributed by atoms with Crippen LogP contribution in [0.5, 0.6) is 0 Å². The standard InChI is InChI=1S/C16H34N2O3/c1-3-4-5-6-7-11-18(12-9-13-19)16(20)15(17)10-8-14-21-2/h15,19H,3-14,17H2,1-2H3. The molecule has 1 atom stereocenters. The minimum Gasteiger partial charge on any atom is -0.396 e. The van der Waals surface area contributed by atoms with E-state index in [-0.39, 0.29) is 12.5 Å². The van der Waals surface area contributed by atoms with Gasteiger partial charge in [-0.2, -0.15) is 0 Å². The third kappa shape index (κ3) is 10.7. The molecular weight excluding hydrogens is 268 g/mol. The predicted octanol–water partition coefficient (Wildman–Crippen LogP) is 1.92. The summed E-state index contributed by atoms with van der Waals surface area (Å²) in [6.45, 7) is 4.28. The zero-order valence-corrected chi connectivity index (χ0v) is 13.9. The molecule has 0 rings (SSSR count). The van der Waals surface area contributed by atoms with Crippen LogP contribution < -0.4 is 5.73 Å². The normalized spacial score (nSPS) is 12.4. The highest BCUT2D eigenvalue weighted by Crippen LogP contribution is 2.07. The van der Waals surface area contributed by atoms with Crippen molar-refractivity contribution in [1.82, 2.24) is 4.90 Å². The van der Waals surface area contributed by atoms with Crippen LogP contribution in [-0.2, 0) is 9.53 Å². The molecule has 3 N–H and O–H groups in total. The van der Waals surface area contributed by atoms with Crippen LogP contribution in [0.1, 0.15) is 58.3 Å². The van der Waals surface area contributed by atoms with Crippen molar-refractivity contribution < 1.29 is 14.6 Å². The fourth-order valence-corrected chi connectivity index (χ4v) is 2.31. The molecule has 0 aromatic heterocycles. The quantitative estimate of drug-likeness (QED) is 0.481. The van der Waals surface area contributed by atoms with Gasteiger partial charge in [-0.15, -0.1) is 0 Å². The van der Waals surface area contributed by atoms with Gasteiger partial charge >= 0.3 is 0 Å². The van der Waals surface area contributed by atoms with Gasteiger partial charge < -0.3 is 20.5 Å². The van der Waals surface area contributed by atoms with Gasteiger partial charge in [-0.05, 0) is 25.7 Å². The molecule has 126 valence electrons. The summed E-state index contributed by atoms with van der Waals surface area (Å²) in [5.74, 6) is 0.00930. The van der Waals surface area contributed by atoms with Crippen LogP contribution in [0.15, 0.2) is 0 Å². The lowest BCUT2D eigenvalue weighted by molar-refractivity contribution is -0.133. The van der Waals surface area contributed by atoms with Gasteiger partial charge in [0, 0.05) is 33.4 Å². The number of methoxy groups -OCH3 is 1. The molecule has 0 aliphatic heterocycles. The smallest absolute Gasteiger partial charge is 0.239 e. The van der Waals surface area contributed by atoms with Gasteiger partial charge in [0.1, 0.15) is 0 Å². The van der Waals surface area contributed by atoms with Gasteiger partial charge in [0.15, 0.2) is 0 Å². The zero-order chi connectivity index (χ0) is 15.9. The maximum atomic E-state index is 12.3. The first-order chi connectivity index (χ1) is 10.2. The molecule has 0 radical (unpaired) electrons. The molecule has 5 nitrogen and oxygen atoms in total. The van der Waals surface area contributed by atoms with Crippen LogP contribution in [0.4, 0.5) is 0 Å². The van der Waals surface area contributed by atoms with Gasteiger partial charge in [0.2, 0.25) is 5.91 Å². The third-order valence-corrected chi connectivity index (χ3v) is 3.61. The lowest BCUT2D eigenvalue weighted by Crippen LogP contribution is -2.44. The number of aliphatic hydroxyl groups excluding tert-OH is 1. The van der Waals surface area contributed by atoms with E-state index in [0.717, 1.165) is 25.8 Å². The minimum absolute atomic E-state index is 0.00930. The summed E-state index contributed by atoms with van der Waals surface area (Å²) in [5.41, 5.74) is 5.97. The predicted molar refractivity (Wildman–Crippen MR) is 86.1 cm³/mol. The number of rotatable bonds is 14. The fraction of sp³-hybridized carbons (Fsp3) is 0.938. The summed E-state index contributed by atoms with van der Waals surface area (Å²) >= 11 is 0. The molecule has 1 amide bonds. The lowest BCUT2D eigenvalue weighted by Gasteiger charge is -2.25. The van der Waals surface area contributed by atoms with E-state index in [1.165, 1.54) is 19.3 Å². The second kappa shape index (κ2) is 14.3. The molecule has 0 spiro atoms. The maximum absolute atomic E-state index is 12.3. The number of amides is 1. The van der Waals surface area contributed by atoms with Crippen molar-refractivity contribution in [3.8, 4) is 0 Å². The molecule has 5 heteroatoms. The first-order valence-corrected chi connectivity index (χ1v) is 8.31. The van der Waals surface area contributed by atoms with Crippen molar-refractivity contribution >= 4 is 5.91 Å². The second-order valence-electron chi connectivity index (χ2n) is 5.56. The lowest BCUT2D eigenvalue weighted by atomic mass is 10.1. The number of nitrogens with two attached hydrogens (primary N) is 1. The fourth-order valence-electron chi connectivity index (χ4n) is 2.31. The molecule has 0 aromatic rings. The van der Waals surface area contributed by atoms with Gasteiger partial charge in [-0.3, -0.25) is 4.79 Å². The zero-order valence-electron chi connectivity index (χ0n) is 13.9. The Morgan fingerprint density at radius 3 is 2.43 bits per heavy atom. The van der Waals surface area contributed by atoms with Crippen molar-refractivity contribution in [2.75, 3.05) is 33.4 Å². The summed E-state index contributed by atoms with van der Waals surface area (Å²) < 4.78 is 4.99. The minimum atomic E-state index is -0.450. The van der Waals surface area contributed by atoms with Crippen LogP contribution in [0.3, 0.4) is 0 Å². The molecule has 0 heterocycles. The number of hydrogen-bond donors (Lipinski definition) is 2. The summed E-state index contributed by atoms with van der Waals surface area (Å²) in [7, 11) is 1.65. The van der Waals surface area contributed by atoms with Crippen molar-refractivity contribution in [2.24, 2.45) is 5.73 Å². The van der Waals surface area contributed by atoms with E-state index in [0.29, 0.717) is 26.0 Å². The van der Waals surface area contributed by atoms with Crippen molar-refractivity contribution in [3.63, 3.8) is 0 Å². The number of unbranched alkanes of at least 4 members (excludes halogenated alkanes) is 4. The largest absolute Gasteiger partial charge is 0.396 e. The van der Waals surface area contributed by atoms with E-state index in [2.05, 4.69) is 6.92 Å². The van der Waals surface area contributed by atoms with E-state index in [1.807, 2.05) is 4.90 Å². The molecule has 1 unspecified atom stereocenters. The number of ether oxygens (including phenoxy) is 1. The van der Waals surface area contributed by atoms with E-state index >= 15 is 0 Å². The van der Waals surface area contributed by atoms with Gasteiger partial charge in [-0.25, -0.2) is 0 Å². The Kier molecular flexibility index (Phi) is 13.9. The highest BCUT2D eigenvalue weighted by molar-refractivity contribution is 5.81. The Labute approximate surface area is 129 Å². The Bertz CT molecular complexity index is 250. The number of nitrogens with zero attached hydrogens (tertiary/aromatic N) is 1. The number of aliphatic hydroxyl groups is 1. The van der Waals surface area contributed by atoms with Crippen LogP contribution in [0.2, 0.25) is 0 Å². The Morgan fingerprint density at radius 2 is 1.81 bits per heavy atom. The summed E-state index contributed by atoms with van der Waals surface area (Å²) in [6, 6.07) is -0.450. The van der Waals surface area contributed by atoms with E-state index in [1.54, 1.807) is 7.11 Å². The molecule has 0 fully saturated rings. The molecule has 21 heavy (non-hydrogen) atoms. The van der Waals surface area contributed by atoms with Crippen molar-refractivity contribution in [2.45, 2.75) is 64.3 Å². The average molecular weight is 302 g/mol. The van der Waals surface area contributed by atoms with Crippen LogP contribution >= 0.6 is 0 Å². The topological polar surface area (TPSA) is 75.8 Å². The molecule has 0 aliphatic carbocycles. The van der Waals surface area contributed by atoms with Gasteiger partial charge in [0.25, 0.3) is 0 Å².